The third-order valence-corrected chi connectivity index (χ3v) is 2.85. The van der Waals surface area contributed by atoms with Crippen LogP contribution in [0.4, 0.5) is 5.69 Å². The van der Waals surface area contributed by atoms with Crippen molar-refractivity contribution in [3.05, 3.63) is 23.8 Å². The van der Waals surface area contributed by atoms with Crippen LogP contribution in [0.25, 0.3) is 0 Å². The number of hydrogen-bond acceptors (Lipinski definition) is 4. The van der Waals surface area contributed by atoms with Crippen LogP contribution in [0.1, 0.15) is 24.8 Å². The van der Waals surface area contributed by atoms with E-state index in [1.807, 2.05) is 0 Å². The first-order chi connectivity index (χ1) is 8.29. The summed E-state index contributed by atoms with van der Waals surface area (Å²) in [4.78, 5) is 0. The maximum atomic E-state index is 8.94. The first-order valence-electron chi connectivity index (χ1n) is 5.83. The van der Waals surface area contributed by atoms with Crippen LogP contribution < -0.4 is 10.5 Å². The minimum absolute atomic E-state index is 0.314. The van der Waals surface area contributed by atoms with Crippen LogP contribution in [-0.4, -0.2) is 19.3 Å². The molecular weight excluding hydrogens is 216 g/mol. The fourth-order valence-corrected chi connectivity index (χ4v) is 1.93. The number of hydrogen-bond donors (Lipinski definition) is 1. The first-order valence-corrected chi connectivity index (χ1v) is 5.83. The van der Waals surface area contributed by atoms with Crippen LogP contribution in [0, 0.1) is 11.3 Å². The van der Waals surface area contributed by atoms with Gasteiger partial charge in [-0.3, -0.25) is 0 Å². The van der Waals surface area contributed by atoms with Crippen molar-refractivity contribution >= 4 is 5.69 Å². The van der Waals surface area contributed by atoms with Gasteiger partial charge >= 0.3 is 0 Å². The molecule has 1 fully saturated rings. The molecule has 0 radical (unpaired) electrons. The lowest BCUT2D eigenvalue weighted by Crippen LogP contribution is -2.11. The van der Waals surface area contributed by atoms with Crippen LogP contribution in [0.5, 0.6) is 5.75 Å². The predicted octanol–water partition coefficient (Wildman–Crippen LogP) is 2.09. The molecule has 1 atom stereocenters. The molecule has 0 aromatic heterocycles. The predicted molar refractivity (Wildman–Crippen MR) is 64.7 cm³/mol. The third kappa shape index (κ3) is 3.11. The number of ether oxygens (including phenoxy) is 2. The number of benzene rings is 1. The van der Waals surface area contributed by atoms with Crippen molar-refractivity contribution in [1.82, 2.24) is 0 Å². The highest BCUT2D eigenvalue weighted by Crippen LogP contribution is 2.21. The summed E-state index contributed by atoms with van der Waals surface area (Å²) in [5.74, 6) is 0.597. The molecule has 2 N–H and O–H groups in total. The number of nitrogen functional groups attached to an aromatic ring is 1. The quantitative estimate of drug-likeness (QED) is 0.807. The fourth-order valence-electron chi connectivity index (χ4n) is 1.93. The van der Waals surface area contributed by atoms with Crippen molar-refractivity contribution in [1.29, 1.82) is 5.26 Å². The molecule has 1 aliphatic heterocycles. The summed E-state index contributed by atoms with van der Waals surface area (Å²) in [6, 6.07) is 7.18. The van der Waals surface area contributed by atoms with Gasteiger partial charge in [0.05, 0.1) is 18.3 Å². The molecule has 1 aromatic carbocycles. The summed E-state index contributed by atoms with van der Waals surface area (Å²) >= 11 is 0. The summed E-state index contributed by atoms with van der Waals surface area (Å²) in [5.41, 5.74) is 6.67. The fraction of sp³-hybridized carbons (Fsp3) is 0.462. The number of rotatable bonds is 4. The van der Waals surface area contributed by atoms with Gasteiger partial charge in [-0.15, -0.1) is 0 Å². The van der Waals surface area contributed by atoms with E-state index in [0.717, 1.165) is 25.9 Å². The van der Waals surface area contributed by atoms with E-state index in [1.165, 1.54) is 0 Å². The van der Waals surface area contributed by atoms with E-state index >= 15 is 0 Å². The molecule has 1 heterocycles. The number of nitriles is 1. The van der Waals surface area contributed by atoms with Crippen molar-refractivity contribution in [3.8, 4) is 11.8 Å². The zero-order valence-electron chi connectivity index (χ0n) is 9.69. The lowest BCUT2D eigenvalue weighted by atomic mass is 10.2. The zero-order chi connectivity index (χ0) is 12.1. The highest BCUT2D eigenvalue weighted by molar-refractivity contribution is 5.53. The van der Waals surface area contributed by atoms with E-state index in [0.29, 0.717) is 29.7 Å². The monoisotopic (exact) mass is 232 g/mol. The number of nitrogens with zero attached hydrogens (tertiary/aromatic N) is 1. The van der Waals surface area contributed by atoms with Crippen molar-refractivity contribution in [2.75, 3.05) is 18.9 Å². The van der Waals surface area contributed by atoms with E-state index < -0.39 is 0 Å². The van der Waals surface area contributed by atoms with E-state index in [9.17, 15) is 0 Å². The molecule has 2 rings (SSSR count). The normalized spacial score (nSPS) is 18.9. The minimum atomic E-state index is 0.314. The van der Waals surface area contributed by atoms with E-state index in [1.54, 1.807) is 18.2 Å². The second-order valence-corrected chi connectivity index (χ2v) is 4.14. The molecule has 1 unspecified atom stereocenters. The molecular formula is C13H16N2O2. The van der Waals surface area contributed by atoms with Crippen molar-refractivity contribution < 1.29 is 9.47 Å². The van der Waals surface area contributed by atoms with Gasteiger partial charge in [0.25, 0.3) is 0 Å². The maximum Gasteiger partial charge on any atom is 0.137 e. The minimum Gasteiger partial charge on any atom is -0.492 e. The Labute approximate surface area is 101 Å². The molecule has 0 amide bonds. The molecule has 0 spiro atoms. The molecule has 1 aromatic rings. The third-order valence-electron chi connectivity index (χ3n) is 2.85. The summed E-state index contributed by atoms with van der Waals surface area (Å²) < 4.78 is 11.1. The first kappa shape index (κ1) is 11.7. The zero-order valence-corrected chi connectivity index (χ0v) is 9.69. The summed E-state index contributed by atoms with van der Waals surface area (Å²) in [6.07, 6.45) is 3.43. The average Bonchev–Trinajstić information content (AvgIpc) is 2.84. The van der Waals surface area contributed by atoms with E-state index in [4.69, 9.17) is 20.5 Å². The lowest BCUT2D eigenvalue weighted by Gasteiger charge is -2.11. The SMILES string of the molecule is N#Cc1cc(N)ccc1OCCC1CCCO1. The Kier molecular flexibility index (Phi) is 3.84. The second kappa shape index (κ2) is 5.55. The van der Waals surface area contributed by atoms with Crippen molar-refractivity contribution in [2.45, 2.75) is 25.4 Å². The van der Waals surface area contributed by atoms with Crippen LogP contribution >= 0.6 is 0 Å². The van der Waals surface area contributed by atoms with Crippen molar-refractivity contribution in [3.63, 3.8) is 0 Å². The second-order valence-electron chi connectivity index (χ2n) is 4.14. The largest absolute Gasteiger partial charge is 0.492 e. The van der Waals surface area contributed by atoms with Gasteiger partial charge in [-0.2, -0.15) is 5.26 Å². The summed E-state index contributed by atoms with van der Waals surface area (Å²) in [7, 11) is 0. The van der Waals surface area contributed by atoms with Crippen LogP contribution in [0.3, 0.4) is 0 Å². The molecule has 90 valence electrons. The summed E-state index contributed by atoms with van der Waals surface area (Å²) in [5, 5.41) is 8.94. The van der Waals surface area contributed by atoms with Crippen LogP contribution in [0.15, 0.2) is 18.2 Å². The standard InChI is InChI=1S/C13H16N2O2/c14-9-10-8-11(15)3-4-13(10)17-7-5-12-2-1-6-16-12/h3-4,8,12H,1-2,5-7,15H2. The number of anilines is 1. The molecule has 0 aliphatic carbocycles. The molecule has 0 saturated carbocycles. The Morgan fingerprint density at radius 3 is 3.12 bits per heavy atom. The molecule has 1 aliphatic rings. The Hall–Kier alpha value is -1.73. The van der Waals surface area contributed by atoms with Gasteiger partial charge in [-0.1, -0.05) is 0 Å². The van der Waals surface area contributed by atoms with E-state index in [2.05, 4.69) is 6.07 Å². The Morgan fingerprint density at radius 2 is 2.41 bits per heavy atom. The molecule has 1 saturated heterocycles. The van der Waals surface area contributed by atoms with Gasteiger partial charge in [0.1, 0.15) is 11.8 Å². The Balaban J connectivity index is 1.88. The van der Waals surface area contributed by atoms with Gasteiger partial charge in [0, 0.05) is 18.7 Å². The lowest BCUT2D eigenvalue weighted by molar-refractivity contribution is 0.0903. The Bertz CT molecular complexity index is 420. The van der Waals surface area contributed by atoms with Gasteiger partial charge in [0.2, 0.25) is 0 Å². The van der Waals surface area contributed by atoms with Crippen LogP contribution in [0.2, 0.25) is 0 Å². The molecule has 17 heavy (non-hydrogen) atoms. The van der Waals surface area contributed by atoms with Crippen molar-refractivity contribution in [2.24, 2.45) is 0 Å². The molecule has 4 heteroatoms. The highest BCUT2D eigenvalue weighted by Gasteiger charge is 2.15. The van der Waals surface area contributed by atoms with Gasteiger partial charge < -0.3 is 15.2 Å². The highest BCUT2D eigenvalue weighted by atomic mass is 16.5. The average molecular weight is 232 g/mol. The van der Waals surface area contributed by atoms with E-state index in [-0.39, 0.29) is 0 Å². The van der Waals surface area contributed by atoms with Gasteiger partial charge in [-0.05, 0) is 31.0 Å². The summed E-state index contributed by atoms with van der Waals surface area (Å²) in [6.45, 7) is 1.43. The maximum absolute atomic E-state index is 8.94. The smallest absolute Gasteiger partial charge is 0.137 e. The molecule has 0 bridgehead atoms. The number of nitrogens with two attached hydrogens (primary N) is 1. The Morgan fingerprint density at radius 1 is 1.53 bits per heavy atom. The van der Waals surface area contributed by atoms with Crippen LogP contribution in [-0.2, 0) is 4.74 Å². The molecule has 4 nitrogen and oxygen atoms in total. The topological polar surface area (TPSA) is 68.3 Å². The van der Waals surface area contributed by atoms with Gasteiger partial charge in [-0.25, -0.2) is 0 Å². The van der Waals surface area contributed by atoms with Gasteiger partial charge in [0.15, 0.2) is 0 Å².